The number of carbonyl (C=O) groups is 2. The van der Waals surface area contributed by atoms with Crippen LogP contribution in [0.5, 0.6) is 5.75 Å². The third-order valence-corrected chi connectivity index (χ3v) is 2.91. The highest BCUT2D eigenvalue weighted by molar-refractivity contribution is 6.23. The summed E-state index contributed by atoms with van der Waals surface area (Å²) in [5, 5.41) is 8.65. The van der Waals surface area contributed by atoms with Gasteiger partial charge in [-0.3, -0.25) is 9.59 Å². The highest BCUT2D eigenvalue weighted by Crippen LogP contribution is 2.11. The number of nitriles is 1. The second kappa shape index (κ2) is 18.0. The molecule has 1 rings (SSSR count). The Balaban J connectivity index is 0. The van der Waals surface area contributed by atoms with E-state index in [9.17, 15) is 9.59 Å². The first-order valence-corrected chi connectivity index (χ1v) is 8.69. The first-order valence-electron chi connectivity index (χ1n) is 8.69. The van der Waals surface area contributed by atoms with Crippen LogP contribution in [0.4, 0.5) is 0 Å². The van der Waals surface area contributed by atoms with E-state index in [0.29, 0.717) is 43.7 Å². The molecule has 0 radical (unpaired) electrons. The Kier molecular flexibility index (Phi) is 17.9. The molecule has 0 aliphatic rings. The van der Waals surface area contributed by atoms with Crippen LogP contribution in [0.1, 0.15) is 46.1 Å². The molecule has 0 saturated carbocycles. The molecule has 0 aromatic heterocycles. The minimum absolute atomic E-state index is 0.324. The lowest BCUT2D eigenvalue weighted by Gasteiger charge is -2.17. The van der Waals surface area contributed by atoms with Crippen molar-refractivity contribution in [1.29, 1.82) is 5.26 Å². The Hall–Kier alpha value is -2.39. The minimum Gasteiger partial charge on any atom is -0.494 e. The number of amides is 1. The van der Waals surface area contributed by atoms with Crippen LogP contribution >= 0.6 is 0 Å². The normalized spacial score (nSPS) is 8.64. The van der Waals surface area contributed by atoms with E-state index in [4.69, 9.17) is 15.7 Å². The van der Waals surface area contributed by atoms with Gasteiger partial charge in [0.15, 0.2) is 0 Å². The summed E-state index contributed by atoms with van der Waals surface area (Å²) in [7, 11) is 0. The monoisotopic (exact) mass is 349 g/mol. The van der Waals surface area contributed by atoms with Crippen molar-refractivity contribution in [3.05, 3.63) is 29.8 Å². The topological polar surface area (TPSA) is 96.4 Å². The molecule has 0 fully saturated rings. The summed E-state index contributed by atoms with van der Waals surface area (Å²) in [6.07, 6.45) is 2.07. The van der Waals surface area contributed by atoms with Gasteiger partial charge in [-0.05, 0) is 50.6 Å². The molecule has 0 bridgehead atoms. The van der Waals surface area contributed by atoms with Crippen molar-refractivity contribution in [3.63, 3.8) is 0 Å². The highest BCUT2D eigenvalue weighted by atomic mass is 16.5. The molecule has 2 N–H and O–H groups in total. The van der Waals surface area contributed by atoms with Crippen molar-refractivity contribution in [2.75, 3.05) is 26.2 Å². The Labute approximate surface area is 151 Å². The van der Waals surface area contributed by atoms with Gasteiger partial charge in [0.2, 0.25) is 6.29 Å². The van der Waals surface area contributed by atoms with Gasteiger partial charge < -0.3 is 15.4 Å². The average Bonchev–Trinajstić information content (AvgIpc) is 2.69. The number of rotatable bonds is 8. The molecule has 0 aliphatic carbocycles. The van der Waals surface area contributed by atoms with Crippen molar-refractivity contribution in [2.45, 2.75) is 40.5 Å². The molecule has 0 aliphatic heterocycles. The Bertz CT molecular complexity index is 494. The molecule has 0 spiro atoms. The molecule has 140 valence electrons. The average molecular weight is 349 g/mol. The zero-order valence-corrected chi connectivity index (χ0v) is 15.8. The number of nitrogens with zero attached hydrogens (tertiary/aromatic N) is 2. The number of hydrogen-bond donors (Lipinski definition) is 1. The van der Waals surface area contributed by atoms with E-state index in [1.54, 1.807) is 24.3 Å². The van der Waals surface area contributed by atoms with Crippen LogP contribution in [-0.4, -0.2) is 43.3 Å². The van der Waals surface area contributed by atoms with E-state index in [1.165, 1.54) is 4.90 Å². The summed E-state index contributed by atoms with van der Waals surface area (Å²) < 4.78 is 5.48. The highest BCUT2D eigenvalue weighted by Gasteiger charge is 2.09. The van der Waals surface area contributed by atoms with Gasteiger partial charge in [-0.15, -0.1) is 0 Å². The van der Waals surface area contributed by atoms with Crippen LogP contribution in [0.3, 0.4) is 0 Å². The van der Waals surface area contributed by atoms with Gasteiger partial charge in [-0.2, -0.15) is 5.26 Å². The summed E-state index contributed by atoms with van der Waals surface area (Å²) in [5.41, 5.74) is 5.61. The zero-order valence-electron chi connectivity index (χ0n) is 15.8. The van der Waals surface area contributed by atoms with Crippen LogP contribution in [0, 0.1) is 11.3 Å². The molecular weight excluding hydrogens is 318 g/mol. The Morgan fingerprint density at radius 3 is 2.24 bits per heavy atom. The lowest BCUT2D eigenvalue weighted by atomic mass is 10.2. The molecule has 6 nitrogen and oxygen atoms in total. The number of nitrogens with two attached hydrogens (primary N) is 1. The van der Waals surface area contributed by atoms with Gasteiger partial charge in [0, 0.05) is 13.1 Å². The maximum Gasteiger partial charge on any atom is 0.286 e. The fourth-order valence-electron chi connectivity index (χ4n) is 1.57. The summed E-state index contributed by atoms with van der Waals surface area (Å²) in [5.74, 6) is 0.185. The van der Waals surface area contributed by atoms with Crippen LogP contribution in [0.25, 0.3) is 0 Å². The molecular formula is C19H31N3O3. The number of ether oxygens (including phenoxy) is 1. The van der Waals surface area contributed by atoms with E-state index in [0.717, 1.165) is 13.0 Å². The minimum atomic E-state index is -0.499. The quantitative estimate of drug-likeness (QED) is 0.442. The second-order valence-electron chi connectivity index (χ2n) is 4.66. The van der Waals surface area contributed by atoms with Crippen molar-refractivity contribution in [1.82, 2.24) is 4.90 Å². The first kappa shape index (κ1) is 24.9. The van der Waals surface area contributed by atoms with Crippen LogP contribution in [0.15, 0.2) is 24.3 Å². The standard InChI is InChI=1S/C14H16N2O3.C3H9N.C2H6/c1-2-16(14(18)11-17)8-3-9-19-13-6-4-12(10-15)5-7-13;1-2-3-4;1-2/h4-7,11H,2-3,8-9H2,1H3;2-4H2,1H3;1-2H3. The summed E-state index contributed by atoms with van der Waals surface area (Å²) in [4.78, 5) is 23.0. The maximum absolute atomic E-state index is 11.2. The Morgan fingerprint density at radius 2 is 1.84 bits per heavy atom. The lowest BCUT2D eigenvalue weighted by molar-refractivity contribution is -0.138. The number of benzene rings is 1. The molecule has 0 heterocycles. The molecule has 1 amide bonds. The van der Waals surface area contributed by atoms with Gasteiger partial charge in [-0.25, -0.2) is 0 Å². The fourth-order valence-corrected chi connectivity index (χ4v) is 1.57. The van der Waals surface area contributed by atoms with E-state index in [2.05, 4.69) is 6.92 Å². The third kappa shape index (κ3) is 12.7. The number of hydrogen-bond acceptors (Lipinski definition) is 5. The largest absolute Gasteiger partial charge is 0.494 e. The van der Waals surface area contributed by atoms with Crippen molar-refractivity contribution < 1.29 is 14.3 Å². The second-order valence-corrected chi connectivity index (χ2v) is 4.66. The first-order chi connectivity index (χ1) is 12.1. The Morgan fingerprint density at radius 1 is 1.28 bits per heavy atom. The molecule has 1 aromatic rings. The van der Waals surface area contributed by atoms with Gasteiger partial charge in [-0.1, -0.05) is 20.8 Å². The van der Waals surface area contributed by atoms with E-state index >= 15 is 0 Å². The van der Waals surface area contributed by atoms with Crippen LogP contribution in [0.2, 0.25) is 0 Å². The number of aldehydes is 1. The van der Waals surface area contributed by atoms with Gasteiger partial charge >= 0.3 is 0 Å². The van der Waals surface area contributed by atoms with Crippen molar-refractivity contribution >= 4 is 12.2 Å². The van der Waals surface area contributed by atoms with E-state index in [-0.39, 0.29) is 0 Å². The van der Waals surface area contributed by atoms with Crippen LogP contribution < -0.4 is 10.5 Å². The summed E-state index contributed by atoms with van der Waals surface area (Å²) >= 11 is 0. The molecule has 1 aromatic carbocycles. The number of carbonyl (C=O) groups excluding carboxylic acids is 2. The summed E-state index contributed by atoms with van der Waals surface area (Å²) in [6.45, 7) is 10.1. The summed E-state index contributed by atoms with van der Waals surface area (Å²) in [6, 6.07) is 8.86. The van der Waals surface area contributed by atoms with Crippen molar-refractivity contribution in [2.24, 2.45) is 5.73 Å². The molecule has 25 heavy (non-hydrogen) atoms. The predicted molar refractivity (Wildman–Crippen MR) is 100 cm³/mol. The molecule has 0 atom stereocenters. The SMILES string of the molecule is CC.CCCN.CCN(CCCOc1ccc(C#N)cc1)C(=O)C=O. The third-order valence-electron chi connectivity index (χ3n) is 2.91. The van der Waals surface area contributed by atoms with Gasteiger partial charge in [0.1, 0.15) is 5.75 Å². The smallest absolute Gasteiger partial charge is 0.286 e. The van der Waals surface area contributed by atoms with E-state index < -0.39 is 5.91 Å². The van der Waals surface area contributed by atoms with Gasteiger partial charge in [0.05, 0.1) is 18.2 Å². The zero-order chi connectivity index (χ0) is 19.5. The maximum atomic E-state index is 11.2. The van der Waals surface area contributed by atoms with E-state index in [1.807, 2.05) is 26.8 Å². The lowest BCUT2D eigenvalue weighted by Crippen LogP contribution is -2.33. The predicted octanol–water partition coefficient (Wildman–Crippen LogP) is 2.76. The molecule has 6 heteroatoms. The number of likely N-dealkylation sites (N-methyl/N-ethyl adjacent to an activating group) is 1. The fraction of sp³-hybridized carbons (Fsp3) is 0.526. The van der Waals surface area contributed by atoms with Gasteiger partial charge in [0.25, 0.3) is 5.91 Å². The van der Waals surface area contributed by atoms with Crippen LogP contribution in [-0.2, 0) is 9.59 Å². The molecule has 0 saturated heterocycles. The molecule has 0 unspecified atom stereocenters. The van der Waals surface area contributed by atoms with Crippen molar-refractivity contribution in [3.8, 4) is 11.8 Å².